The zero-order valence-corrected chi connectivity index (χ0v) is 17.9. The number of benzene rings is 2. The van der Waals surface area contributed by atoms with E-state index in [1.54, 1.807) is 24.9 Å². The molecule has 0 aliphatic carbocycles. The van der Waals surface area contributed by atoms with Crippen LogP contribution in [0.15, 0.2) is 51.8 Å². The summed E-state index contributed by atoms with van der Waals surface area (Å²) in [6.45, 7) is 2.63. The first-order valence-corrected chi connectivity index (χ1v) is 10.6. The standard InChI is InChI=1S/C19H23BrN2O4S/c1-14-8-9-16(27(24,25)21-10-11-26-3)12-17(14)19(23)22(2)13-15-6-4-5-7-18(15)20/h4-9,12,21H,10-11,13H2,1-3H3. The van der Waals surface area contributed by atoms with Gasteiger partial charge in [-0.15, -0.1) is 0 Å². The zero-order chi connectivity index (χ0) is 20.0. The second-order valence-electron chi connectivity index (χ2n) is 6.12. The predicted molar refractivity (Wildman–Crippen MR) is 108 cm³/mol. The lowest BCUT2D eigenvalue weighted by Crippen LogP contribution is -2.29. The van der Waals surface area contributed by atoms with E-state index >= 15 is 0 Å². The van der Waals surface area contributed by atoms with Gasteiger partial charge in [0.05, 0.1) is 11.5 Å². The lowest BCUT2D eigenvalue weighted by Gasteiger charge is -2.20. The summed E-state index contributed by atoms with van der Waals surface area (Å²) < 4.78 is 33.0. The largest absolute Gasteiger partial charge is 0.383 e. The van der Waals surface area contributed by atoms with Crippen molar-refractivity contribution in [1.82, 2.24) is 9.62 Å². The lowest BCUT2D eigenvalue weighted by molar-refractivity contribution is 0.0784. The van der Waals surface area contributed by atoms with Gasteiger partial charge in [-0.1, -0.05) is 40.2 Å². The van der Waals surface area contributed by atoms with Gasteiger partial charge in [-0.2, -0.15) is 0 Å². The number of methoxy groups -OCH3 is 1. The molecular formula is C19H23BrN2O4S. The average Bonchev–Trinajstić information content (AvgIpc) is 2.63. The van der Waals surface area contributed by atoms with E-state index < -0.39 is 10.0 Å². The Kier molecular flexibility index (Phi) is 7.55. The fourth-order valence-corrected chi connectivity index (χ4v) is 3.97. The van der Waals surface area contributed by atoms with Crippen molar-refractivity contribution < 1.29 is 17.9 Å². The van der Waals surface area contributed by atoms with Gasteiger partial charge >= 0.3 is 0 Å². The molecule has 0 atom stereocenters. The topological polar surface area (TPSA) is 75.7 Å². The summed E-state index contributed by atoms with van der Waals surface area (Å²) in [5.41, 5.74) is 2.05. The second-order valence-corrected chi connectivity index (χ2v) is 8.74. The Morgan fingerprint density at radius 1 is 1.22 bits per heavy atom. The van der Waals surface area contributed by atoms with Gasteiger partial charge in [0.1, 0.15) is 0 Å². The normalized spacial score (nSPS) is 11.4. The smallest absolute Gasteiger partial charge is 0.254 e. The molecule has 0 aromatic heterocycles. The number of halogens is 1. The van der Waals surface area contributed by atoms with Crippen molar-refractivity contribution in [3.8, 4) is 0 Å². The summed E-state index contributed by atoms with van der Waals surface area (Å²) in [4.78, 5) is 14.5. The van der Waals surface area contributed by atoms with E-state index in [2.05, 4.69) is 20.7 Å². The van der Waals surface area contributed by atoms with Crippen molar-refractivity contribution in [1.29, 1.82) is 0 Å². The van der Waals surface area contributed by atoms with E-state index in [0.717, 1.165) is 15.6 Å². The number of nitrogens with zero attached hydrogens (tertiary/aromatic N) is 1. The van der Waals surface area contributed by atoms with E-state index in [-0.39, 0.29) is 24.0 Å². The van der Waals surface area contributed by atoms with Gasteiger partial charge < -0.3 is 9.64 Å². The number of sulfonamides is 1. The molecule has 27 heavy (non-hydrogen) atoms. The monoisotopic (exact) mass is 454 g/mol. The number of rotatable bonds is 8. The minimum Gasteiger partial charge on any atom is -0.383 e. The van der Waals surface area contributed by atoms with Gasteiger partial charge in [-0.05, 0) is 36.2 Å². The van der Waals surface area contributed by atoms with Crippen LogP contribution in [0.4, 0.5) is 0 Å². The Morgan fingerprint density at radius 2 is 1.93 bits per heavy atom. The maximum Gasteiger partial charge on any atom is 0.254 e. The van der Waals surface area contributed by atoms with Crippen molar-refractivity contribution in [3.63, 3.8) is 0 Å². The summed E-state index contributed by atoms with van der Waals surface area (Å²) in [5.74, 6) is -0.239. The van der Waals surface area contributed by atoms with Crippen LogP contribution in [0.5, 0.6) is 0 Å². The van der Waals surface area contributed by atoms with Crippen LogP contribution in [-0.2, 0) is 21.3 Å². The van der Waals surface area contributed by atoms with E-state index in [4.69, 9.17) is 4.74 Å². The highest BCUT2D eigenvalue weighted by atomic mass is 79.9. The van der Waals surface area contributed by atoms with Crippen LogP contribution in [0.25, 0.3) is 0 Å². The number of amides is 1. The van der Waals surface area contributed by atoms with Crippen LogP contribution in [0.2, 0.25) is 0 Å². The third kappa shape index (κ3) is 5.62. The molecule has 8 heteroatoms. The number of carbonyl (C=O) groups is 1. The fourth-order valence-electron chi connectivity index (χ4n) is 2.52. The molecule has 0 spiro atoms. The number of ether oxygens (including phenoxy) is 1. The van der Waals surface area contributed by atoms with Crippen LogP contribution in [0, 0.1) is 6.92 Å². The lowest BCUT2D eigenvalue weighted by atomic mass is 10.1. The van der Waals surface area contributed by atoms with Crippen LogP contribution < -0.4 is 4.72 Å². The molecule has 2 aromatic carbocycles. The molecule has 146 valence electrons. The van der Waals surface area contributed by atoms with E-state index in [1.807, 2.05) is 24.3 Å². The molecule has 1 N–H and O–H groups in total. The van der Waals surface area contributed by atoms with Gasteiger partial charge in [0.2, 0.25) is 10.0 Å². The van der Waals surface area contributed by atoms with Crippen LogP contribution >= 0.6 is 15.9 Å². The first-order valence-electron chi connectivity index (χ1n) is 8.34. The third-order valence-corrected chi connectivity index (χ3v) is 6.29. The van der Waals surface area contributed by atoms with Gasteiger partial charge in [-0.25, -0.2) is 13.1 Å². The van der Waals surface area contributed by atoms with Gasteiger partial charge in [0, 0.05) is 37.3 Å². The highest BCUT2D eigenvalue weighted by Crippen LogP contribution is 2.21. The number of aryl methyl sites for hydroxylation is 1. The Balaban J connectivity index is 2.24. The van der Waals surface area contributed by atoms with Crippen LogP contribution in [0.1, 0.15) is 21.5 Å². The first-order chi connectivity index (χ1) is 12.8. The van der Waals surface area contributed by atoms with Crippen molar-refractivity contribution in [2.75, 3.05) is 27.3 Å². The Hall–Kier alpha value is -1.74. The SMILES string of the molecule is COCCNS(=O)(=O)c1ccc(C)c(C(=O)N(C)Cc2ccccc2Br)c1. The highest BCUT2D eigenvalue weighted by Gasteiger charge is 2.20. The minimum atomic E-state index is -3.70. The van der Waals surface area contributed by atoms with Crippen molar-refractivity contribution >= 4 is 31.9 Å². The Labute approximate surface area is 168 Å². The molecule has 0 heterocycles. The maximum absolute atomic E-state index is 12.9. The maximum atomic E-state index is 12.9. The first kappa shape index (κ1) is 21.6. The summed E-state index contributed by atoms with van der Waals surface area (Å²) >= 11 is 3.48. The molecule has 6 nitrogen and oxygen atoms in total. The Morgan fingerprint density at radius 3 is 2.59 bits per heavy atom. The summed E-state index contributed by atoms with van der Waals surface area (Å²) in [5, 5.41) is 0. The molecule has 2 aromatic rings. The summed E-state index contributed by atoms with van der Waals surface area (Å²) in [7, 11) is -0.513. The number of carbonyl (C=O) groups excluding carboxylic acids is 1. The van der Waals surface area contributed by atoms with Crippen LogP contribution in [-0.4, -0.2) is 46.5 Å². The molecule has 0 unspecified atom stereocenters. The zero-order valence-electron chi connectivity index (χ0n) is 15.5. The number of nitrogens with one attached hydrogen (secondary N) is 1. The quantitative estimate of drug-likeness (QED) is 0.622. The third-order valence-electron chi connectivity index (χ3n) is 4.06. The van der Waals surface area contributed by atoms with Crippen molar-refractivity contribution in [3.05, 3.63) is 63.6 Å². The molecule has 0 aliphatic heterocycles. The summed E-state index contributed by atoms with van der Waals surface area (Å²) in [6.07, 6.45) is 0. The molecule has 0 bridgehead atoms. The highest BCUT2D eigenvalue weighted by molar-refractivity contribution is 9.10. The molecule has 0 radical (unpaired) electrons. The van der Waals surface area contributed by atoms with Gasteiger partial charge in [-0.3, -0.25) is 4.79 Å². The Bertz CT molecular complexity index is 916. The molecule has 2 rings (SSSR count). The molecule has 1 amide bonds. The number of hydrogen-bond donors (Lipinski definition) is 1. The number of hydrogen-bond acceptors (Lipinski definition) is 4. The van der Waals surface area contributed by atoms with E-state index in [0.29, 0.717) is 12.1 Å². The molecule has 0 saturated carbocycles. The van der Waals surface area contributed by atoms with Crippen molar-refractivity contribution in [2.45, 2.75) is 18.4 Å². The van der Waals surface area contributed by atoms with Gasteiger partial charge in [0.25, 0.3) is 5.91 Å². The molecule has 0 aliphatic rings. The fraction of sp³-hybridized carbons (Fsp3) is 0.316. The molecular weight excluding hydrogens is 432 g/mol. The summed E-state index contributed by atoms with van der Waals surface area (Å²) in [6, 6.07) is 12.2. The average molecular weight is 455 g/mol. The van der Waals surface area contributed by atoms with E-state index in [9.17, 15) is 13.2 Å². The minimum absolute atomic E-state index is 0.0573. The van der Waals surface area contributed by atoms with Crippen molar-refractivity contribution in [2.24, 2.45) is 0 Å². The van der Waals surface area contributed by atoms with E-state index in [1.165, 1.54) is 19.2 Å². The van der Waals surface area contributed by atoms with Gasteiger partial charge in [0.15, 0.2) is 0 Å². The molecule has 0 fully saturated rings. The van der Waals surface area contributed by atoms with Crippen LogP contribution in [0.3, 0.4) is 0 Å². The molecule has 0 saturated heterocycles. The predicted octanol–water partition coefficient (Wildman–Crippen LogP) is 2.95. The second kappa shape index (κ2) is 9.45.